The molecule has 2 N–H and O–H groups in total. The number of furan rings is 1. The standard InChI is InChI=1S/C21H29FN4O.HI/c1-23-21(24-12-11-17-8-3-4-9-18(17)22)25-16-19(20-10-7-15-27-20)26-13-5-2-6-14-26;/h3-4,7-10,15,19H,2,5-6,11-14,16H2,1H3,(H2,23,24,25);1H. The molecule has 28 heavy (non-hydrogen) atoms. The van der Waals surface area contributed by atoms with Gasteiger partial charge in [0.25, 0.3) is 0 Å². The number of rotatable bonds is 7. The van der Waals surface area contributed by atoms with E-state index in [1.54, 1.807) is 19.4 Å². The molecule has 0 bridgehead atoms. The van der Waals surface area contributed by atoms with Gasteiger partial charge in [0.2, 0.25) is 0 Å². The number of hydrogen-bond acceptors (Lipinski definition) is 3. The van der Waals surface area contributed by atoms with Gasteiger partial charge in [0.15, 0.2) is 5.96 Å². The molecule has 2 aromatic rings. The average molecular weight is 500 g/mol. The number of piperidine rings is 1. The Kier molecular flexibility index (Phi) is 9.77. The summed E-state index contributed by atoms with van der Waals surface area (Å²) >= 11 is 0. The van der Waals surface area contributed by atoms with E-state index in [1.807, 2.05) is 24.3 Å². The van der Waals surface area contributed by atoms with Crippen molar-refractivity contribution in [3.05, 3.63) is 59.8 Å². The largest absolute Gasteiger partial charge is 0.468 e. The van der Waals surface area contributed by atoms with Gasteiger partial charge in [0, 0.05) is 20.1 Å². The van der Waals surface area contributed by atoms with Gasteiger partial charge in [0.1, 0.15) is 11.6 Å². The van der Waals surface area contributed by atoms with Crippen LogP contribution in [0.1, 0.15) is 36.6 Å². The summed E-state index contributed by atoms with van der Waals surface area (Å²) in [7, 11) is 1.75. The summed E-state index contributed by atoms with van der Waals surface area (Å²) in [5, 5.41) is 6.67. The lowest BCUT2D eigenvalue weighted by Gasteiger charge is -2.33. The first-order valence-corrected chi connectivity index (χ1v) is 9.73. The third kappa shape index (κ3) is 6.48. The van der Waals surface area contributed by atoms with E-state index >= 15 is 0 Å². The average Bonchev–Trinajstić information content (AvgIpc) is 3.23. The minimum Gasteiger partial charge on any atom is -0.468 e. The summed E-state index contributed by atoms with van der Waals surface area (Å²) in [6.07, 6.45) is 6.10. The van der Waals surface area contributed by atoms with Gasteiger partial charge in [-0.15, -0.1) is 24.0 Å². The fourth-order valence-electron chi connectivity index (χ4n) is 3.55. The van der Waals surface area contributed by atoms with Crippen LogP contribution in [-0.2, 0) is 6.42 Å². The smallest absolute Gasteiger partial charge is 0.191 e. The summed E-state index contributed by atoms with van der Waals surface area (Å²) < 4.78 is 19.4. The molecule has 154 valence electrons. The Bertz CT molecular complexity index is 717. The van der Waals surface area contributed by atoms with E-state index in [4.69, 9.17) is 4.42 Å². The maximum Gasteiger partial charge on any atom is 0.191 e. The van der Waals surface area contributed by atoms with Crippen molar-refractivity contribution >= 4 is 29.9 Å². The number of nitrogens with zero attached hydrogens (tertiary/aromatic N) is 2. The second-order valence-corrected chi connectivity index (χ2v) is 6.85. The lowest BCUT2D eigenvalue weighted by molar-refractivity contribution is 0.146. The first-order chi connectivity index (χ1) is 13.3. The van der Waals surface area contributed by atoms with Crippen LogP contribution >= 0.6 is 24.0 Å². The zero-order valence-electron chi connectivity index (χ0n) is 16.4. The third-order valence-corrected chi connectivity index (χ3v) is 5.03. The molecule has 1 aromatic heterocycles. The fourth-order valence-corrected chi connectivity index (χ4v) is 3.55. The van der Waals surface area contributed by atoms with Crippen LogP contribution in [0.3, 0.4) is 0 Å². The van der Waals surface area contributed by atoms with E-state index in [0.29, 0.717) is 25.1 Å². The van der Waals surface area contributed by atoms with E-state index in [-0.39, 0.29) is 35.8 Å². The molecular formula is C21H30FIN4O. The molecule has 0 saturated carbocycles. The molecule has 1 saturated heterocycles. The molecule has 3 rings (SSSR count). The highest BCUT2D eigenvalue weighted by Crippen LogP contribution is 2.24. The van der Waals surface area contributed by atoms with Gasteiger partial charge in [-0.25, -0.2) is 4.39 Å². The van der Waals surface area contributed by atoms with Crippen LogP contribution in [0.25, 0.3) is 0 Å². The Morgan fingerprint density at radius 1 is 1.14 bits per heavy atom. The number of halogens is 2. The molecule has 1 aromatic carbocycles. The van der Waals surface area contributed by atoms with Crippen molar-refractivity contribution in [3.8, 4) is 0 Å². The van der Waals surface area contributed by atoms with Crippen LogP contribution < -0.4 is 10.6 Å². The molecule has 0 aliphatic carbocycles. The molecule has 1 atom stereocenters. The maximum atomic E-state index is 13.7. The SMILES string of the molecule is CN=C(NCCc1ccccc1F)NCC(c1ccco1)N1CCCCC1.I. The Hall–Kier alpha value is -1.61. The van der Waals surface area contributed by atoms with Crippen molar-refractivity contribution in [3.63, 3.8) is 0 Å². The second-order valence-electron chi connectivity index (χ2n) is 6.85. The highest BCUT2D eigenvalue weighted by molar-refractivity contribution is 14.0. The predicted octanol–water partition coefficient (Wildman–Crippen LogP) is 3.97. The highest BCUT2D eigenvalue weighted by atomic mass is 127. The van der Waals surface area contributed by atoms with Gasteiger partial charge in [-0.1, -0.05) is 24.6 Å². The zero-order chi connectivity index (χ0) is 18.9. The molecule has 0 radical (unpaired) electrons. The second kappa shape index (κ2) is 12.1. The Labute approximate surface area is 183 Å². The van der Waals surface area contributed by atoms with E-state index in [2.05, 4.69) is 20.5 Å². The molecule has 1 fully saturated rings. The normalized spacial score (nSPS) is 16.3. The van der Waals surface area contributed by atoms with Gasteiger partial charge in [-0.2, -0.15) is 0 Å². The minimum atomic E-state index is -0.162. The Morgan fingerprint density at radius 3 is 2.61 bits per heavy atom. The number of likely N-dealkylation sites (tertiary alicyclic amines) is 1. The molecule has 1 aliphatic rings. The molecule has 7 heteroatoms. The molecule has 1 aliphatic heterocycles. The van der Waals surface area contributed by atoms with Crippen LogP contribution in [0, 0.1) is 5.82 Å². The van der Waals surface area contributed by atoms with Crippen molar-refractivity contribution in [2.75, 3.05) is 33.2 Å². The van der Waals surface area contributed by atoms with E-state index in [1.165, 1.54) is 25.3 Å². The summed E-state index contributed by atoms with van der Waals surface area (Å²) in [5.74, 6) is 1.54. The first-order valence-electron chi connectivity index (χ1n) is 9.73. The van der Waals surface area contributed by atoms with Crippen LogP contribution in [0.15, 0.2) is 52.1 Å². The van der Waals surface area contributed by atoms with Gasteiger partial charge in [0.05, 0.1) is 12.3 Å². The van der Waals surface area contributed by atoms with Crippen LogP contribution in [0.5, 0.6) is 0 Å². The Morgan fingerprint density at radius 2 is 1.93 bits per heavy atom. The van der Waals surface area contributed by atoms with Crippen molar-refractivity contribution in [1.82, 2.24) is 15.5 Å². The van der Waals surface area contributed by atoms with Crippen molar-refractivity contribution in [2.24, 2.45) is 4.99 Å². The van der Waals surface area contributed by atoms with Gasteiger partial charge in [-0.3, -0.25) is 9.89 Å². The zero-order valence-corrected chi connectivity index (χ0v) is 18.7. The van der Waals surface area contributed by atoms with Gasteiger partial charge < -0.3 is 15.1 Å². The number of guanidine groups is 1. The lowest BCUT2D eigenvalue weighted by Crippen LogP contribution is -2.44. The monoisotopic (exact) mass is 500 g/mol. The molecule has 1 unspecified atom stereocenters. The van der Waals surface area contributed by atoms with Gasteiger partial charge in [-0.05, 0) is 56.1 Å². The fraction of sp³-hybridized carbons (Fsp3) is 0.476. The van der Waals surface area contributed by atoms with E-state index in [9.17, 15) is 4.39 Å². The summed E-state index contributed by atoms with van der Waals surface area (Å²) in [5.41, 5.74) is 0.710. The van der Waals surface area contributed by atoms with Crippen LogP contribution in [0.4, 0.5) is 4.39 Å². The van der Waals surface area contributed by atoms with E-state index in [0.717, 1.165) is 24.8 Å². The third-order valence-electron chi connectivity index (χ3n) is 5.03. The van der Waals surface area contributed by atoms with Crippen LogP contribution in [-0.4, -0.2) is 44.1 Å². The summed E-state index contributed by atoms with van der Waals surface area (Å²) in [6, 6.07) is 11.0. The molecule has 0 spiro atoms. The molecule has 2 heterocycles. The Balaban J connectivity index is 0.00000280. The highest BCUT2D eigenvalue weighted by Gasteiger charge is 2.24. The van der Waals surface area contributed by atoms with Crippen LogP contribution in [0.2, 0.25) is 0 Å². The minimum absolute atomic E-state index is 0. The van der Waals surface area contributed by atoms with Crippen molar-refractivity contribution in [2.45, 2.75) is 31.7 Å². The van der Waals surface area contributed by atoms with Crippen molar-refractivity contribution in [1.29, 1.82) is 0 Å². The number of aliphatic imine (C=N–C) groups is 1. The summed E-state index contributed by atoms with van der Waals surface area (Å²) in [4.78, 5) is 6.77. The number of benzene rings is 1. The van der Waals surface area contributed by atoms with Gasteiger partial charge >= 0.3 is 0 Å². The lowest BCUT2D eigenvalue weighted by atomic mass is 10.1. The maximum absolute atomic E-state index is 13.7. The number of nitrogens with one attached hydrogen (secondary N) is 2. The van der Waals surface area contributed by atoms with Crippen molar-refractivity contribution < 1.29 is 8.81 Å². The van der Waals surface area contributed by atoms with E-state index < -0.39 is 0 Å². The quantitative estimate of drug-likeness (QED) is 0.343. The predicted molar refractivity (Wildman–Crippen MR) is 122 cm³/mol. The molecule has 0 amide bonds. The topological polar surface area (TPSA) is 52.8 Å². The molecular weight excluding hydrogens is 470 g/mol. The summed E-state index contributed by atoms with van der Waals surface area (Å²) in [6.45, 7) is 3.52. The molecule has 5 nitrogen and oxygen atoms in total. The first kappa shape index (κ1) is 22.7. The number of hydrogen-bond donors (Lipinski definition) is 2.